The standard InChI is InChI=1S/C17H11NO4/c19-16-11(10-22-15-8-4-2-6-13(15)16)9-18-14-7-3-1-5-12(14)17(20)21/h1-10H,(H,20,21). The number of benzene rings is 2. The Bertz CT molecular complexity index is 941. The minimum atomic E-state index is -1.07. The molecular weight excluding hydrogens is 282 g/mol. The highest BCUT2D eigenvalue weighted by Gasteiger charge is 2.08. The molecule has 3 aromatic rings. The monoisotopic (exact) mass is 293 g/mol. The molecule has 3 rings (SSSR count). The van der Waals surface area contributed by atoms with Crippen molar-refractivity contribution < 1.29 is 14.3 Å². The molecule has 0 aliphatic rings. The van der Waals surface area contributed by atoms with E-state index in [0.29, 0.717) is 11.0 Å². The highest BCUT2D eigenvalue weighted by molar-refractivity contribution is 5.95. The van der Waals surface area contributed by atoms with Crippen molar-refractivity contribution in [3.8, 4) is 0 Å². The topological polar surface area (TPSA) is 79.9 Å². The molecule has 0 aliphatic carbocycles. The first kappa shape index (κ1) is 13.8. The molecule has 22 heavy (non-hydrogen) atoms. The number of aliphatic imine (C=N–C) groups is 1. The third kappa shape index (κ3) is 2.52. The van der Waals surface area contributed by atoms with E-state index in [9.17, 15) is 9.59 Å². The van der Waals surface area contributed by atoms with Gasteiger partial charge in [-0.25, -0.2) is 4.79 Å². The van der Waals surface area contributed by atoms with Crippen LogP contribution in [0.4, 0.5) is 5.69 Å². The molecule has 0 atom stereocenters. The number of para-hydroxylation sites is 2. The van der Waals surface area contributed by atoms with Crippen molar-refractivity contribution in [2.75, 3.05) is 0 Å². The lowest BCUT2D eigenvalue weighted by Gasteiger charge is -2.00. The van der Waals surface area contributed by atoms with Crippen LogP contribution in [0.15, 0.2) is 69.0 Å². The van der Waals surface area contributed by atoms with Crippen LogP contribution >= 0.6 is 0 Å². The van der Waals surface area contributed by atoms with Crippen LogP contribution in [0.2, 0.25) is 0 Å². The molecule has 1 N–H and O–H groups in total. The summed E-state index contributed by atoms with van der Waals surface area (Å²) in [6.45, 7) is 0. The number of hydrogen-bond donors (Lipinski definition) is 1. The summed E-state index contributed by atoms with van der Waals surface area (Å²) in [4.78, 5) is 27.5. The van der Waals surface area contributed by atoms with Gasteiger partial charge in [0.05, 0.1) is 22.2 Å². The van der Waals surface area contributed by atoms with E-state index in [4.69, 9.17) is 9.52 Å². The van der Waals surface area contributed by atoms with Gasteiger partial charge in [-0.05, 0) is 24.3 Å². The van der Waals surface area contributed by atoms with Gasteiger partial charge in [0, 0.05) is 6.21 Å². The average molecular weight is 293 g/mol. The zero-order valence-corrected chi connectivity index (χ0v) is 11.4. The number of rotatable bonds is 3. The molecule has 0 bridgehead atoms. The van der Waals surface area contributed by atoms with Crippen molar-refractivity contribution in [1.82, 2.24) is 0 Å². The van der Waals surface area contributed by atoms with Crippen molar-refractivity contribution in [3.05, 3.63) is 76.1 Å². The summed E-state index contributed by atoms with van der Waals surface area (Å²) < 4.78 is 5.38. The van der Waals surface area contributed by atoms with Crippen LogP contribution in [0.5, 0.6) is 0 Å². The number of carboxylic acid groups (broad SMARTS) is 1. The largest absolute Gasteiger partial charge is 0.478 e. The van der Waals surface area contributed by atoms with Gasteiger partial charge in [-0.15, -0.1) is 0 Å². The quantitative estimate of drug-likeness (QED) is 0.752. The van der Waals surface area contributed by atoms with Gasteiger partial charge >= 0.3 is 5.97 Å². The zero-order chi connectivity index (χ0) is 15.5. The van der Waals surface area contributed by atoms with E-state index in [1.807, 2.05) is 0 Å². The Labute approximate surface area is 125 Å². The highest BCUT2D eigenvalue weighted by Crippen LogP contribution is 2.18. The normalized spacial score (nSPS) is 11.1. The maximum Gasteiger partial charge on any atom is 0.337 e. The summed E-state index contributed by atoms with van der Waals surface area (Å²) >= 11 is 0. The lowest BCUT2D eigenvalue weighted by Crippen LogP contribution is -2.07. The van der Waals surface area contributed by atoms with Crippen molar-refractivity contribution in [1.29, 1.82) is 0 Å². The number of aromatic carboxylic acids is 1. The third-order valence-electron chi connectivity index (χ3n) is 3.18. The number of carbonyl (C=O) groups is 1. The first-order valence-corrected chi connectivity index (χ1v) is 6.54. The van der Waals surface area contributed by atoms with Crippen molar-refractivity contribution >= 4 is 28.8 Å². The zero-order valence-electron chi connectivity index (χ0n) is 11.4. The Morgan fingerprint density at radius 3 is 2.64 bits per heavy atom. The van der Waals surface area contributed by atoms with E-state index in [1.54, 1.807) is 42.5 Å². The van der Waals surface area contributed by atoms with Gasteiger partial charge in [-0.2, -0.15) is 0 Å². The van der Waals surface area contributed by atoms with Crippen LogP contribution < -0.4 is 5.43 Å². The first-order chi connectivity index (χ1) is 10.7. The number of nitrogens with zero attached hydrogens (tertiary/aromatic N) is 1. The van der Waals surface area contributed by atoms with Crippen LogP contribution in [-0.2, 0) is 0 Å². The fourth-order valence-electron chi connectivity index (χ4n) is 2.09. The number of carboxylic acids is 1. The molecule has 1 aromatic heterocycles. The fourth-order valence-corrected chi connectivity index (χ4v) is 2.09. The molecule has 2 aromatic carbocycles. The summed E-state index contributed by atoms with van der Waals surface area (Å²) in [5.41, 5.74) is 0.902. The first-order valence-electron chi connectivity index (χ1n) is 6.54. The van der Waals surface area contributed by atoms with Gasteiger partial charge in [0.1, 0.15) is 11.8 Å². The van der Waals surface area contributed by atoms with Crippen molar-refractivity contribution in [2.24, 2.45) is 4.99 Å². The van der Waals surface area contributed by atoms with Gasteiger partial charge in [0.25, 0.3) is 0 Å². The number of hydrogen-bond acceptors (Lipinski definition) is 4. The van der Waals surface area contributed by atoms with E-state index < -0.39 is 5.97 Å². The second kappa shape index (κ2) is 5.65. The van der Waals surface area contributed by atoms with Gasteiger partial charge in [0.15, 0.2) is 0 Å². The van der Waals surface area contributed by atoms with Crippen LogP contribution in [0.3, 0.4) is 0 Å². The van der Waals surface area contributed by atoms with Crippen molar-refractivity contribution in [3.63, 3.8) is 0 Å². The van der Waals surface area contributed by atoms with Gasteiger partial charge in [-0.3, -0.25) is 9.79 Å². The molecule has 0 fully saturated rings. The minimum Gasteiger partial charge on any atom is -0.478 e. The molecule has 0 saturated heterocycles. The lowest BCUT2D eigenvalue weighted by atomic mass is 10.1. The summed E-state index contributed by atoms with van der Waals surface area (Å²) in [6.07, 6.45) is 2.64. The Morgan fingerprint density at radius 1 is 1.09 bits per heavy atom. The highest BCUT2D eigenvalue weighted by atomic mass is 16.4. The second-order valence-corrected chi connectivity index (χ2v) is 4.60. The summed E-state index contributed by atoms with van der Waals surface area (Å²) in [6, 6.07) is 13.2. The molecule has 5 heteroatoms. The van der Waals surface area contributed by atoms with E-state index in [-0.39, 0.29) is 22.2 Å². The van der Waals surface area contributed by atoms with E-state index >= 15 is 0 Å². The summed E-state index contributed by atoms with van der Waals surface area (Å²) in [5.74, 6) is -1.07. The molecule has 1 heterocycles. The molecule has 0 unspecified atom stereocenters. The Morgan fingerprint density at radius 2 is 1.82 bits per heavy atom. The molecule has 0 aliphatic heterocycles. The Hall–Kier alpha value is -3.21. The fraction of sp³-hybridized carbons (Fsp3) is 0. The maximum absolute atomic E-state index is 12.3. The van der Waals surface area contributed by atoms with Crippen LogP contribution in [-0.4, -0.2) is 17.3 Å². The van der Waals surface area contributed by atoms with E-state index in [0.717, 1.165) is 0 Å². The molecule has 0 amide bonds. The Kier molecular flexibility index (Phi) is 3.53. The number of fused-ring (bicyclic) bond motifs is 1. The van der Waals surface area contributed by atoms with Gasteiger partial charge < -0.3 is 9.52 Å². The molecule has 5 nitrogen and oxygen atoms in total. The van der Waals surface area contributed by atoms with E-state index in [1.165, 1.54) is 18.5 Å². The van der Waals surface area contributed by atoms with Crippen LogP contribution in [0.1, 0.15) is 15.9 Å². The lowest BCUT2D eigenvalue weighted by molar-refractivity contribution is 0.0698. The maximum atomic E-state index is 12.3. The predicted molar refractivity (Wildman–Crippen MR) is 83.1 cm³/mol. The molecule has 0 saturated carbocycles. The average Bonchev–Trinajstić information content (AvgIpc) is 2.55. The SMILES string of the molecule is O=C(O)c1ccccc1N=Cc1coc2ccccc2c1=O. The van der Waals surface area contributed by atoms with Crippen molar-refractivity contribution in [2.45, 2.75) is 0 Å². The molecule has 108 valence electrons. The summed E-state index contributed by atoms with van der Waals surface area (Å²) in [5, 5.41) is 9.56. The molecule has 0 spiro atoms. The third-order valence-corrected chi connectivity index (χ3v) is 3.18. The minimum absolute atomic E-state index is 0.0731. The summed E-state index contributed by atoms with van der Waals surface area (Å²) in [7, 11) is 0. The smallest absolute Gasteiger partial charge is 0.337 e. The predicted octanol–water partition coefficient (Wildman–Crippen LogP) is 3.24. The van der Waals surface area contributed by atoms with Crippen LogP contribution in [0, 0.1) is 0 Å². The van der Waals surface area contributed by atoms with Crippen LogP contribution in [0.25, 0.3) is 11.0 Å². The Balaban J connectivity index is 2.06. The van der Waals surface area contributed by atoms with Gasteiger partial charge in [-0.1, -0.05) is 24.3 Å². The van der Waals surface area contributed by atoms with Gasteiger partial charge in [0.2, 0.25) is 5.43 Å². The van der Waals surface area contributed by atoms with E-state index in [2.05, 4.69) is 4.99 Å². The second-order valence-electron chi connectivity index (χ2n) is 4.60. The molecular formula is C17H11NO4. The molecule has 0 radical (unpaired) electrons.